The van der Waals surface area contributed by atoms with Crippen molar-refractivity contribution in [2.75, 3.05) is 0 Å². The standard InChI is InChI=1S/C13H16O/c1-3-4-5-6-12-7-11(2)8-13(9-12)10-14/h7-8,10,12H,3-4,9H2,1-2H3. The third-order valence-electron chi connectivity index (χ3n) is 2.15. The highest BCUT2D eigenvalue weighted by Gasteiger charge is 2.10. The van der Waals surface area contributed by atoms with E-state index in [1.807, 2.05) is 13.0 Å². The number of rotatable bonds is 2. The molecule has 1 unspecified atom stereocenters. The molecule has 0 N–H and O–H groups in total. The zero-order valence-electron chi connectivity index (χ0n) is 8.84. The lowest BCUT2D eigenvalue weighted by Crippen LogP contribution is -2.02. The summed E-state index contributed by atoms with van der Waals surface area (Å²) in [6, 6.07) is 0. The Labute approximate surface area is 85.9 Å². The van der Waals surface area contributed by atoms with E-state index in [1.165, 1.54) is 0 Å². The fraction of sp³-hybridized carbons (Fsp3) is 0.462. The topological polar surface area (TPSA) is 17.1 Å². The minimum Gasteiger partial charge on any atom is -0.298 e. The van der Waals surface area contributed by atoms with Gasteiger partial charge in [-0.05, 0) is 25.3 Å². The maximum atomic E-state index is 10.6. The number of aldehydes is 1. The number of hydrogen-bond acceptors (Lipinski definition) is 1. The molecule has 0 aliphatic heterocycles. The molecule has 0 amide bonds. The maximum absolute atomic E-state index is 10.6. The van der Waals surface area contributed by atoms with Crippen LogP contribution in [0.5, 0.6) is 0 Å². The second-order valence-corrected chi connectivity index (χ2v) is 3.63. The third kappa shape index (κ3) is 3.22. The van der Waals surface area contributed by atoms with Gasteiger partial charge in [0.05, 0.1) is 0 Å². The van der Waals surface area contributed by atoms with Crippen LogP contribution in [0.25, 0.3) is 0 Å². The number of allylic oxidation sites excluding steroid dienone is 4. The summed E-state index contributed by atoms with van der Waals surface area (Å²) < 4.78 is 0. The number of unbranched alkanes of at least 4 members (excludes halogenated alkanes) is 1. The molecule has 0 bridgehead atoms. The summed E-state index contributed by atoms with van der Waals surface area (Å²) in [4.78, 5) is 10.6. The molecule has 1 nitrogen and oxygen atoms in total. The van der Waals surface area contributed by atoms with Crippen molar-refractivity contribution in [2.24, 2.45) is 5.92 Å². The largest absolute Gasteiger partial charge is 0.298 e. The van der Waals surface area contributed by atoms with Crippen molar-refractivity contribution >= 4 is 6.29 Å². The lowest BCUT2D eigenvalue weighted by Gasteiger charge is -2.12. The first-order valence-electron chi connectivity index (χ1n) is 5.08. The van der Waals surface area contributed by atoms with E-state index in [-0.39, 0.29) is 5.92 Å². The molecule has 1 heteroatoms. The minimum absolute atomic E-state index is 0.242. The van der Waals surface area contributed by atoms with E-state index in [0.717, 1.165) is 36.7 Å². The molecular formula is C13H16O. The molecule has 1 aliphatic carbocycles. The second kappa shape index (κ2) is 5.44. The van der Waals surface area contributed by atoms with Gasteiger partial charge >= 0.3 is 0 Å². The van der Waals surface area contributed by atoms with Crippen LogP contribution in [-0.4, -0.2) is 6.29 Å². The van der Waals surface area contributed by atoms with Gasteiger partial charge in [-0.25, -0.2) is 0 Å². The Morgan fingerprint density at radius 3 is 3.07 bits per heavy atom. The Balaban J connectivity index is 2.64. The third-order valence-corrected chi connectivity index (χ3v) is 2.15. The van der Waals surface area contributed by atoms with Crippen molar-refractivity contribution in [3.8, 4) is 11.8 Å². The van der Waals surface area contributed by atoms with Gasteiger partial charge in [-0.1, -0.05) is 30.6 Å². The van der Waals surface area contributed by atoms with E-state index in [2.05, 4.69) is 24.8 Å². The van der Waals surface area contributed by atoms with Gasteiger partial charge in [-0.15, -0.1) is 5.92 Å². The molecule has 0 aromatic rings. The number of carbonyl (C=O) groups is 1. The molecule has 0 aromatic carbocycles. The average molecular weight is 188 g/mol. The summed E-state index contributed by atoms with van der Waals surface area (Å²) in [5, 5.41) is 0. The first-order chi connectivity index (χ1) is 6.76. The molecule has 1 aliphatic rings. The van der Waals surface area contributed by atoms with Crippen molar-refractivity contribution in [3.05, 3.63) is 23.3 Å². The van der Waals surface area contributed by atoms with Crippen LogP contribution in [0.15, 0.2) is 23.3 Å². The summed E-state index contributed by atoms with van der Waals surface area (Å²) in [5.74, 6) is 6.57. The van der Waals surface area contributed by atoms with Crippen molar-refractivity contribution < 1.29 is 4.79 Å². The predicted molar refractivity (Wildman–Crippen MR) is 58.7 cm³/mol. The van der Waals surface area contributed by atoms with Gasteiger partial charge in [-0.2, -0.15) is 0 Å². The molecule has 0 aromatic heterocycles. The summed E-state index contributed by atoms with van der Waals surface area (Å²) in [7, 11) is 0. The van der Waals surface area contributed by atoms with Crippen molar-refractivity contribution in [1.82, 2.24) is 0 Å². The van der Waals surface area contributed by atoms with Crippen LogP contribution in [0.4, 0.5) is 0 Å². The summed E-state index contributed by atoms with van der Waals surface area (Å²) >= 11 is 0. The monoisotopic (exact) mass is 188 g/mol. The molecule has 1 atom stereocenters. The van der Waals surface area contributed by atoms with Gasteiger partial charge in [0.2, 0.25) is 0 Å². The molecule has 0 saturated heterocycles. The van der Waals surface area contributed by atoms with Gasteiger partial charge in [0.25, 0.3) is 0 Å². The van der Waals surface area contributed by atoms with Gasteiger partial charge in [0, 0.05) is 12.3 Å². The zero-order valence-corrected chi connectivity index (χ0v) is 8.84. The molecule has 0 spiro atoms. The molecule has 74 valence electrons. The van der Waals surface area contributed by atoms with Gasteiger partial charge in [0.15, 0.2) is 0 Å². The van der Waals surface area contributed by atoms with Gasteiger partial charge < -0.3 is 0 Å². The van der Waals surface area contributed by atoms with Crippen LogP contribution in [-0.2, 0) is 4.79 Å². The fourth-order valence-corrected chi connectivity index (χ4v) is 1.53. The zero-order chi connectivity index (χ0) is 10.4. The van der Waals surface area contributed by atoms with Crippen molar-refractivity contribution in [1.29, 1.82) is 0 Å². The second-order valence-electron chi connectivity index (χ2n) is 3.63. The van der Waals surface area contributed by atoms with Crippen LogP contribution in [0.2, 0.25) is 0 Å². The molecule has 0 saturated carbocycles. The Kier molecular flexibility index (Phi) is 4.19. The van der Waals surface area contributed by atoms with E-state index in [9.17, 15) is 4.79 Å². The Bertz CT molecular complexity index is 323. The first kappa shape index (κ1) is 10.8. The minimum atomic E-state index is 0.242. The van der Waals surface area contributed by atoms with E-state index >= 15 is 0 Å². The highest BCUT2D eigenvalue weighted by atomic mass is 16.1. The van der Waals surface area contributed by atoms with Crippen LogP contribution in [0.1, 0.15) is 33.1 Å². The van der Waals surface area contributed by atoms with Gasteiger partial charge in [-0.3, -0.25) is 4.79 Å². The lowest BCUT2D eigenvalue weighted by atomic mass is 9.92. The SMILES string of the molecule is CCCC#CC1C=C(C)C=C(C=O)C1. The van der Waals surface area contributed by atoms with E-state index < -0.39 is 0 Å². The lowest BCUT2D eigenvalue weighted by molar-refractivity contribution is -0.105. The smallest absolute Gasteiger partial charge is 0.146 e. The van der Waals surface area contributed by atoms with Crippen molar-refractivity contribution in [2.45, 2.75) is 33.1 Å². The molecule has 14 heavy (non-hydrogen) atoms. The average Bonchev–Trinajstić information content (AvgIpc) is 2.17. The highest BCUT2D eigenvalue weighted by molar-refractivity contribution is 5.75. The maximum Gasteiger partial charge on any atom is 0.146 e. The van der Waals surface area contributed by atoms with Crippen LogP contribution < -0.4 is 0 Å². The van der Waals surface area contributed by atoms with Crippen LogP contribution >= 0.6 is 0 Å². The Hall–Kier alpha value is -1.29. The molecule has 0 radical (unpaired) electrons. The number of carbonyl (C=O) groups excluding carboxylic acids is 1. The summed E-state index contributed by atoms with van der Waals surface area (Å²) in [5.41, 5.74) is 2.01. The molecule has 1 rings (SSSR count). The summed E-state index contributed by atoms with van der Waals surface area (Å²) in [6.45, 7) is 4.13. The normalized spacial score (nSPS) is 20.3. The van der Waals surface area contributed by atoms with Crippen LogP contribution in [0.3, 0.4) is 0 Å². The molecular weight excluding hydrogens is 172 g/mol. The molecule has 0 heterocycles. The van der Waals surface area contributed by atoms with E-state index in [4.69, 9.17) is 0 Å². The van der Waals surface area contributed by atoms with E-state index in [1.54, 1.807) is 0 Å². The highest BCUT2D eigenvalue weighted by Crippen LogP contribution is 2.20. The molecule has 0 fully saturated rings. The Morgan fingerprint density at radius 2 is 2.43 bits per heavy atom. The summed E-state index contributed by atoms with van der Waals surface area (Å²) in [6.07, 6.45) is 7.82. The van der Waals surface area contributed by atoms with Gasteiger partial charge in [0.1, 0.15) is 6.29 Å². The Morgan fingerprint density at radius 1 is 1.64 bits per heavy atom. The first-order valence-corrected chi connectivity index (χ1v) is 5.08. The predicted octanol–water partition coefficient (Wildman–Crippen LogP) is 2.88. The van der Waals surface area contributed by atoms with Crippen LogP contribution in [0, 0.1) is 17.8 Å². The fourth-order valence-electron chi connectivity index (χ4n) is 1.53. The van der Waals surface area contributed by atoms with Crippen molar-refractivity contribution in [3.63, 3.8) is 0 Å². The quantitative estimate of drug-likeness (QED) is 0.481. The number of hydrogen-bond donors (Lipinski definition) is 0. The van der Waals surface area contributed by atoms with E-state index in [0.29, 0.717) is 0 Å².